The van der Waals surface area contributed by atoms with Crippen molar-refractivity contribution in [1.82, 2.24) is 5.32 Å². The molecule has 0 atom stereocenters. The number of hydrogen-bond donors (Lipinski definition) is 1. The molecule has 0 unspecified atom stereocenters. The van der Waals surface area contributed by atoms with E-state index in [1.165, 1.54) is 0 Å². The fourth-order valence-corrected chi connectivity index (χ4v) is 1.27. The molecule has 0 fully saturated rings. The summed E-state index contributed by atoms with van der Waals surface area (Å²) < 4.78 is 5.24. The number of methoxy groups -OCH3 is 1. The van der Waals surface area contributed by atoms with Gasteiger partial charge in [0.2, 0.25) is 0 Å². The molecule has 0 heterocycles. The van der Waals surface area contributed by atoms with E-state index in [1.54, 1.807) is 7.11 Å². The Morgan fingerprint density at radius 1 is 1.38 bits per heavy atom. The second kappa shape index (κ2) is 4.72. The van der Waals surface area contributed by atoms with Gasteiger partial charge < -0.3 is 15.0 Å². The van der Waals surface area contributed by atoms with E-state index in [-0.39, 0.29) is 0 Å². The summed E-state index contributed by atoms with van der Waals surface area (Å²) in [5.41, 5.74) is 1.10. The zero-order valence-corrected chi connectivity index (χ0v) is 8.37. The molecule has 1 aromatic rings. The molecule has 1 N–H and O–H groups in total. The molecule has 3 heteroatoms. The number of ether oxygens (including phenoxy) is 1. The van der Waals surface area contributed by atoms with E-state index in [9.17, 15) is 0 Å². The third-order valence-electron chi connectivity index (χ3n) is 1.89. The highest BCUT2D eigenvalue weighted by Gasteiger charge is 2.04. The van der Waals surface area contributed by atoms with Crippen LogP contribution in [-0.2, 0) is 0 Å². The summed E-state index contributed by atoms with van der Waals surface area (Å²) in [6, 6.07) is 7.97. The van der Waals surface area contributed by atoms with Crippen LogP contribution < -0.4 is 15.0 Å². The molecule has 3 nitrogen and oxygen atoms in total. The molecule has 0 aliphatic rings. The lowest BCUT2D eigenvalue weighted by atomic mass is 10.3. The van der Waals surface area contributed by atoms with Crippen molar-refractivity contribution in [1.29, 1.82) is 0 Å². The number of rotatable bonds is 4. The highest BCUT2D eigenvalue weighted by molar-refractivity contribution is 5.57. The summed E-state index contributed by atoms with van der Waals surface area (Å²) >= 11 is 0. The van der Waals surface area contributed by atoms with Crippen molar-refractivity contribution in [2.45, 2.75) is 0 Å². The zero-order valence-electron chi connectivity index (χ0n) is 8.37. The van der Waals surface area contributed by atoms with Gasteiger partial charge in [0, 0.05) is 7.05 Å². The Bertz CT molecular complexity index is 263. The monoisotopic (exact) mass is 180 g/mol. The Balaban J connectivity index is 2.85. The Kier molecular flexibility index (Phi) is 3.58. The maximum absolute atomic E-state index is 5.24. The van der Waals surface area contributed by atoms with Gasteiger partial charge in [-0.15, -0.1) is 0 Å². The topological polar surface area (TPSA) is 24.5 Å². The summed E-state index contributed by atoms with van der Waals surface area (Å²) in [4.78, 5) is 2.10. The third kappa shape index (κ3) is 2.36. The van der Waals surface area contributed by atoms with Gasteiger partial charge in [0.25, 0.3) is 0 Å². The maximum Gasteiger partial charge on any atom is 0.142 e. The van der Waals surface area contributed by atoms with Crippen molar-refractivity contribution < 1.29 is 4.74 Å². The van der Waals surface area contributed by atoms with Crippen LogP contribution in [0.1, 0.15) is 0 Å². The van der Waals surface area contributed by atoms with Crippen LogP contribution >= 0.6 is 0 Å². The molecule has 0 spiro atoms. The Labute approximate surface area is 79.3 Å². The fraction of sp³-hybridized carbons (Fsp3) is 0.400. The first-order valence-corrected chi connectivity index (χ1v) is 4.28. The van der Waals surface area contributed by atoms with Crippen molar-refractivity contribution in [2.75, 3.05) is 32.8 Å². The number of benzene rings is 1. The normalized spacial score (nSPS) is 9.77. The minimum atomic E-state index is 0.806. The first-order chi connectivity index (χ1) is 6.29. The second-order valence-corrected chi connectivity index (χ2v) is 2.88. The van der Waals surface area contributed by atoms with E-state index in [1.807, 2.05) is 38.4 Å². The summed E-state index contributed by atoms with van der Waals surface area (Å²) in [5.74, 6) is 0.903. The number of nitrogens with one attached hydrogen (secondary N) is 1. The number of hydrogen-bond acceptors (Lipinski definition) is 3. The minimum Gasteiger partial charge on any atom is -0.495 e. The molecule has 0 amide bonds. The van der Waals surface area contributed by atoms with Crippen molar-refractivity contribution >= 4 is 5.69 Å². The van der Waals surface area contributed by atoms with Gasteiger partial charge in [0.15, 0.2) is 0 Å². The highest BCUT2D eigenvalue weighted by atomic mass is 16.5. The van der Waals surface area contributed by atoms with Crippen LogP contribution in [0.2, 0.25) is 0 Å². The lowest BCUT2D eigenvalue weighted by Gasteiger charge is -2.20. The standard InChI is InChI=1S/C10H16N2O/c1-11-8-12(2)9-6-4-5-7-10(9)13-3/h4-7,11H,8H2,1-3H3. The average molecular weight is 180 g/mol. The molecule has 0 aliphatic carbocycles. The van der Waals surface area contributed by atoms with Gasteiger partial charge in [-0.05, 0) is 19.2 Å². The van der Waals surface area contributed by atoms with Crippen LogP contribution in [0.25, 0.3) is 0 Å². The molecular weight excluding hydrogens is 164 g/mol. The first kappa shape index (κ1) is 9.86. The van der Waals surface area contributed by atoms with Crippen LogP contribution in [0.4, 0.5) is 5.69 Å². The smallest absolute Gasteiger partial charge is 0.142 e. The molecule has 0 radical (unpaired) electrons. The molecule has 0 saturated heterocycles. The Hall–Kier alpha value is -1.22. The van der Waals surface area contributed by atoms with E-state index < -0.39 is 0 Å². The number of nitrogens with zero attached hydrogens (tertiary/aromatic N) is 1. The Morgan fingerprint density at radius 2 is 2.08 bits per heavy atom. The second-order valence-electron chi connectivity index (χ2n) is 2.88. The summed E-state index contributed by atoms with van der Waals surface area (Å²) in [6.07, 6.45) is 0. The molecule has 1 aromatic carbocycles. The van der Waals surface area contributed by atoms with Gasteiger partial charge in [-0.1, -0.05) is 12.1 Å². The minimum absolute atomic E-state index is 0.806. The van der Waals surface area contributed by atoms with Gasteiger partial charge in [-0.3, -0.25) is 0 Å². The predicted molar refractivity (Wildman–Crippen MR) is 55.3 cm³/mol. The summed E-state index contributed by atoms with van der Waals surface area (Å²) in [6.45, 7) is 0.806. The van der Waals surface area contributed by atoms with E-state index in [2.05, 4.69) is 10.2 Å². The summed E-state index contributed by atoms with van der Waals surface area (Å²) in [5, 5.41) is 3.09. The van der Waals surface area contributed by atoms with Gasteiger partial charge in [0.05, 0.1) is 19.5 Å². The molecular formula is C10H16N2O. The van der Waals surface area contributed by atoms with Crippen molar-refractivity contribution in [2.24, 2.45) is 0 Å². The first-order valence-electron chi connectivity index (χ1n) is 4.28. The van der Waals surface area contributed by atoms with Crippen LogP contribution in [-0.4, -0.2) is 27.9 Å². The van der Waals surface area contributed by atoms with Gasteiger partial charge in [-0.25, -0.2) is 0 Å². The van der Waals surface area contributed by atoms with Crippen molar-refractivity contribution in [3.05, 3.63) is 24.3 Å². The van der Waals surface area contributed by atoms with Gasteiger partial charge in [-0.2, -0.15) is 0 Å². The van der Waals surface area contributed by atoms with E-state index in [0.717, 1.165) is 18.1 Å². The molecule has 72 valence electrons. The average Bonchev–Trinajstić information content (AvgIpc) is 2.18. The van der Waals surface area contributed by atoms with Gasteiger partial charge in [0.1, 0.15) is 5.75 Å². The molecule has 0 aliphatic heterocycles. The third-order valence-corrected chi connectivity index (χ3v) is 1.89. The predicted octanol–water partition coefficient (Wildman–Crippen LogP) is 1.31. The summed E-state index contributed by atoms with van der Waals surface area (Å²) in [7, 11) is 5.63. The highest BCUT2D eigenvalue weighted by Crippen LogP contribution is 2.25. The van der Waals surface area contributed by atoms with E-state index in [0.29, 0.717) is 0 Å². The van der Waals surface area contributed by atoms with Crippen LogP contribution in [0.3, 0.4) is 0 Å². The molecule has 0 bridgehead atoms. The fourth-order valence-electron chi connectivity index (χ4n) is 1.27. The van der Waals surface area contributed by atoms with Crippen LogP contribution in [0.15, 0.2) is 24.3 Å². The molecule has 0 aromatic heterocycles. The number of para-hydroxylation sites is 2. The van der Waals surface area contributed by atoms with Gasteiger partial charge >= 0.3 is 0 Å². The lowest BCUT2D eigenvalue weighted by molar-refractivity contribution is 0.414. The molecule has 0 saturated carbocycles. The molecule has 13 heavy (non-hydrogen) atoms. The maximum atomic E-state index is 5.24. The van der Waals surface area contributed by atoms with Crippen LogP contribution in [0, 0.1) is 0 Å². The number of anilines is 1. The quantitative estimate of drug-likeness (QED) is 0.707. The van der Waals surface area contributed by atoms with Crippen LogP contribution in [0.5, 0.6) is 5.75 Å². The van der Waals surface area contributed by atoms with E-state index >= 15 is 0 Å². The van der Waals surface area contributed by atoms with Crippen molar-refractivity contribution in [3.63, 3.8) is 0 Å². The largest absolute Gasteiger partial charge is 0.495 e. The SMILES string of the molecule is CNCN(C)c1ccccc1OC. The zero-order chi connectivity index (χ0) is 9.68. The van der Waals surface area contributed by atoms with Crippen molar-refractivity contribution in [3.8, 4) is 5.75 Å². The Morgan fingerprint density at radius 3 is 2.69 bits per heavy atom. The molecule has 1 rings (SSSR count). The van der Waals surface area contributed by atoms with E-state index in [4.69, 9.17) is 4.74 Å². The lowest BCUT2D eigenvalue weighted by Crippen LogP contribution is -2.28.